The summed E-state index contributed by atoms with van der Waals surface area (Å²) < 4.78 is 0.978. The summed E-state index contributed by atoms with van der Waals surface area (Å²) in [6.07, 6.45) is 1.71. The molecule has 2 atom stereocenters. The molecule has 0 bridgehead atoms. The van der Waals surface area contributed by atoms with Gasteiger partial charge in [0.25, 0.3) is 0 Å². The Bertz CT molecular complexity index is 388. The maximum atomic E-state index is 5.91. The van der Waals surface area contributed by atoms with Gasteiger partial charge in [-0.25, -0.2) is 4.98 Å². The van der Waals surface area contributed by atoms with E-state index in [0.717, 1.165) is 22.6 Å². The number of rotatable bonds is 1. The van der Waals surface area contributed by atoms with Crippen LogP contribution in [0.3, 0.4) is 0 Å². The molecule has 1 saturated heterocycles. The van der Waals surface area contributed by atoms with Crippen LogP contribution in [0.2, 0.25) is 5.02 Å². The molecule has 5 heteroatoms. The Hall–Kier alpha value is 0.0700. The van der Waals surface area contributed by atoms with Crippen molar-refractivity contribution in [1.82, 2.24) is 4.98 Å². The molecule has 0 amide bonds. The van der Waals surface area contributed by atoms with Gasteiger partial charge in [0, 0.05) is 29.8 Å². The van der Waals surface area contributed by atoms with E-state index in [-0.39, 0.29) is 0 Å². The van der Waals surface area contributed by atoms with Gasteiger partial charge in [0.2, 0.25) is 0 Å². The number of hydrogen-bond donors (Lipinski definition) is 0. The van der Waals surface area contributed by atoms with Crippen molar-refractivity contribution in [1.29, 1.82) is 0 Å². The SMILES string of the molecule is CC1SCCN(c2ncc(Cl)cc2Br)C1C. The minimum absolute atomic E-state index is 0.503. The Morgan fingerprint density at radius 2 is 2.31 bits per heavy atom. The Labute approximate surface area is 114 Å². The number of nitrogens with zero attached hydrogens (tertiary/aromatic N) is 2. The highest BCUT2D eigenvalue weighted by Crippen LogP contribution is 2.33. The predicted molar refractivity (Wildman–Crippen MR) is 75.7 cm³/mol. The predicted octanol–water partition coefficient (Wildman–Crippen LogP) is 3.83. The van der Waals surface area contributed by atoms with Gasteiger partial charge < -0.3 is 4.90 Å². The van der Waals surface area contributed by atoms with Gasteiger partial charge in [-0.3, -0.25) is 0 Å². The summed E-state index contributed by atoms with van der Waals surface area (Å²) in [5, 5.41) is 1.31. The molecule has 1 aliphatic heterocycles. The molecule has 2 nitrogen and oxygen atoms in total. The van der Waals surface area contributed by atoms with Crippen LogP contribution in [0.5, 0.6) is 0 Å². The maximum Gasteiger partial charge on any atom is 0.143 e. The summed E-state index contributed by atoms with van der Waals surface area (Å²) in [4.78, 5) is 6.77. The van der Waals surface area contributed by atoms with Gasteiger partial charge in [-0.15, -0.1) is 0 Å². The minimum atomic E-state index is 0.503. The van der Waals surface area contributed by atoms with Crippen molar-refractivity contribution in [2.75, 3.05) is 17.2 Å². The van der Waals surface area contributed by atoms with Gasteiger partial charge in [-0.2, -0.15) is 11.8 Å². The van der Waals surface area contributed by atoms with Crippen molar-refractivity contribution in [3.8, 4) is 0 Å². The third-order valence-electron chi connectivity index (χ3n) is 2.94. The van der Waals surface area contributed by atoms with E-state index in [1.54, 1.807) is 6.20 Å². The van der Waals surface area contributed by atoms with Crippen molar-refractivity contribution in [2.24, 2.45) is 0 Å². The number of hydrogen-bond acceptors (Lipinski definition) is 3. The van der Waals surface area contributed by atoms with Crippen LogP contribution < -0.4 is 4.90 Å². The van der Waals surface area contributed by atoms with Gasteiger partial charge in [-0.05, 0) is 28.9 Å². The molecule has 1 aliphatic rings. The minimum Gasteiger partial charge on any atom is -0.351 e. The van der Waals surface area contributed by atoms with E-state index in [0.29, 0.717) is 16.3 Å². The van der Waals surface area contributed by atoms with Gasteiger partial charge in [-0.1, -0.05) is 18.5 Å². The van der Waals surface area contributed by atoms with Crippen molar-refractivity contribution < 1.29 is 0 Å². The molecule has 2 unspecified atom stereocenters. The molecule has 0 radical (unpaired) electrons. The molecule has 2 rings (SSSR count). The molecule has 88 valence electrons. The largest absolute Gasteiger partial charge is 0.351 e. The molecule has 2 heterocycles. The highest BCUT2D eigenvalue weighted by molar-refractivity contribution is 9.10. The zero-order valence-electron chi connectivity index (χ0n) is 9.28. The Balaban J connectivity index is 2.29. The zero-order valence-corrected chi connectivity index (χ0v) is 12.4. The Morgan fingerprint density at radius 1 is 1.56 bits per heavy atom. The zero-order chi connectivity index (χ0) is 11.7. The van der Waals surface area contributed by atoms with E-state index in [1.165, 1.54) is 0 Å². The van der Waals surface area contributed by atoms with Crippen LogP contribution in [-0.4, -0.2) is 28.6 Å². The summed E-state index contributed by atoms with van der Waals surface area (Å²) in [5.74, 6) is 2.16. The maximum absolute atomic E-state index is 5.91. The topological polar surface area (TPSA) is 16.1 Å². The fourth-order valence-corrected chi connectivity index (χ4v) is 3.82. The first kappa shape index (κ1) is 12.5. The standard InChI is InChI=1S/C11H14BrClN2S/c1-7-8(2)16-4-3-15(7)11-10(12)5-9(13)6-14-11/h5-8H,3-4H2,1-2H3. The third kappa shape index (κ3) is 2.49. The third-order valence-corrected chi connectivity index (χ3v) is 5.07. The molecular formula is C11H14BrClN2S. The van der Waals surface area contributed by atoms with Crippen LogP contribution in [0.15, 0.2) is 16.7 Å². The summed E-state index contributed by atoms with van der Waals surface area (Å²) in [5.41, 5.74) is 0. The number of thioether (sulfide) groups is 1. The lowest BCUT2D eigenvalue weighted by Crippen LogP contribution is -2.45. The first-order chi connectivity index (χ1) is 7.59. The number of pyridine rings is 1. The quantitative estimate of drug-likeness (QED) is 0.782. The second kappa shape index (κ2) is 5.15. The molecule has 1 aromatic heterocycles. The van der Waals surface area contributed by atoms with E-state index in [4.69, 9.17) is 11.6 Å². The molecule has 0 aromatic carbocycles. The highest BCUT2D eigenvalue weighted by Gasteiger charge is 2.27. The van der Waals surface area contributed by atoms with E-state index in [2.05, 4.69) is 39.7 Å². The summed E-state index contributed by atoms with van der Waals surface area (Å²) in [7, 11) is 0. The lowest BCUT2D eigenvalue weighted by atomic mass is 10.2. The normalized spacial score (nSPS) is 25.9. The molecule has 0 saturated carbocycles. The van der Waals surface area contributed by atoms with Crippen LogP contribution in [0.25, 0.3) is 0 Å². The van der Waals surface area contributed by atoms with Crippen molar-refractivity contribution >= 4 is 45.1 Å². The molecule has 0 spiro atoms. The first-order valence-electron chi connectivity index (χ1n) is 5.29. The smallest absolute Gasteiger partial charge is 0.143 e. The van der Waals surface area contributed by atoms with Crippen LogP contribution in [0.4, 0.5) is 5.82 Å². The van der Waals surface area contributed by atoms with Gasteiger partial charge >= 0.3 is 0 Å². The molecule has 0 aliphatic carbocycles. The summed E-state index contributed by atoms with van der Waals surface area (Å²) >= 11 is 11.5. The average molecular weight is 322 g/mol. The molecule has 16 heavy (non-hydrogen) atoms. The fraction of sp³-hybridized carbons (Fsp3) is 0.545. The number of halogens is 2. The monoisotopic (exact) mass is 320 g/mol. The molecular weight excluding hydrogens is 308 g/mol. The molecule has 1 fully saturated rings. The molecule has 1 aromatic rings. The fourth-order valence-electron chi connectivity index (χ4n) is 1.85. The number of anilines is 1. The van der Waals surface area contributed by atoms with Crippen LogP contribution >= 0.6 is 39.3 Å². The Morgan fingerprint density at radius 3 is 3.00 bits per heavy atom. The van der Waals surface area contributed by atoms with Gasteiger partial charge in [0.15, 0.2) is 0 Å². The van der Waals surface area contributed by atoms with Crippen molar-refractivity contribution in [3.63, 3.8) is 0 Å². The van der Waals surface area contributed by atoms with E-state index in [9.17, 15) is 0 Å². The second-order valence-electron chi connectivity index (χ2n) is 3.97. The van der Waals surface area contributed by atoms with E-state index < -0.39 is 0 Å². The second-order valence-corrected chi connectivity index (χ2v) is 6.74. The Kier molecular flexibility index (Phi) is 4.03. The van der Waals surface area contributed by atoms with Crippen molar-refractivity contribution in [3.05, 3.63) is 21.8 Å². The highest BCUT2D eigenvalue weighted by atomic mass is 79.9. The van der Waals surface area contributed by atoms with Crippen LogP contribution in [0.1, 0.15) is 13.8 Å². The lowest BCUT2D eigenvalue weighted by molar-refractivity contribution is 0.619. The van der Waals surface area contributed by atoms with E-state index >= 15 is 0 Å². The van der Waals surface area contributed by atoms with Crippen LogP contribution in [-0.2, 0) is 0 Å². The lowest BCUT2D eigenvalue weighted by Gasteiger charge is -2.38. The first-order valence-corrected chi connectivity index (χ1v) is 7.51. The number of aromatic nitrogens is 1. The van der Waals surface area contributed by atoms with E-state index in [1.807, 2.05) is 17.8 Å². The van der Waals surface area contributed by atoms with Crippen molar-refractivity contribution in [2.45, 2.75) is 25.1 Å². The average Bonchev–Trinajstić information content (AvgIpc) is 2.23. The summed E-state index contributed by atoms with van der Waals surface area (Å²) in [6.45, 7) is 5.56. The van der Waals surface area contributed by atoms with Gasteiger partial charge in [0.05, 0.1) is 9.50 Å². The van der Waals surface area contributed by atoms with Crippen LogP contribution in [0, 0.1) is 0 Å². The van der Waals surface area contributed by atoms with Gasteiger partial charge in [0.1, 0.15) is 5.82 Å². The molecule has 0 N–H and O–H groups in total. The summed E-state index contributed by atoms with van der Waals surface area (Å²) in [6, 6.07) is 2.41.